The molecular weight excluding hydrogens is 372 g/mol. The highest BCUT2D eigenvalue weighted by atomic mass is 35.5. The molecule has 3 rings (SSSR count). The highest BCUT2D eigenvalue weighted by Gasteiger charge is 2.10. The number of halogens is 1. The van der Waals surface area contributed by atoms with E-state index in [1.807, 2.05) is 24.3 Å². The fourth-order valence-corrected chi connectivity index (χ4v) is 3.25. The number of nitrogens with one attached hydrogen (secondary N) is 2. The second-order valence-corrected chi connectivity index (χ2v) is 7.27. The van der Waals surface area contributed by atoms with E-state index >= 15 is 0 Å². The molecule has 5 nitrogen and oxygen atoms in total. The Balaban J connectivity index is 0.00000280. The minimum atomic E-state index is -0.155. The normalized spacial score (nSPS) is 10.9. The lowest BCUT2D eigenvalue weighted by Crippen LogP contribution is -2.13. The Kier molecular flexibility index (Phi) is 8.03. The van der Waals surface area contributed by atoms with Gasteiger partial charge in [-0.15, -0.1) is 12.4 Å². The Hall–Kier alpha value is -2.37. The maximum atomic E-state index is 12.0. The van der Waals surface area contributed by atoms with Gasteiger partial charge < -0.3 is 10.2 Å². The topological polar surface area (TPSA) is 61.0 Å². The van der Waals surface area contributed by atoms with Gasteiger partial charge in [0, 0.05) is 23.2 Å². The van der Waals surface area contributed by atoms with E-state index in [-0.39, 0.29) is 18.0 Å². The van der Waals surface area contributed by atoms with Gasteiger partial charge >= 0.3 is 0 Å². The highest BCUT2D eigenvalue weighted by Crippen LogP contribution is 2.28. The van der Waals surface area contributed by atoms with Crippen LogP contribution in [0.2, 0.25) is 0 Å². The molecule has 2 aromatic carbocycles. The van der Waals surface area contributed by atoms with Gasteiger partial charge in [-0.25, -0.2) is 5.10 Å². The van der Waals surface area contributed by atoms with Crippen molar-refractivity contribution in [3.63, 3.8) is 0 Å². The molecule has 0 bridgehead atoms. The van der Waals surface area contributed by atoms with Crippen LogP contribution in [0, 0.1) is 6.92 Å². The summed E-state index contributed by atoms with van der Waals surface area (Å²) in [5.41, 5.74) is 3.98. The average Bonchev–Trinajstić information content (AvgIpc) is 2.66. The predicted octanol–water partition coefficient (Wildman–Crippen LogP) is 4.46. The zero-order valence-corrected chi connectivity index (χ0v) is 17.6. The van der Waals surface area contributed by atoms with Gasteiger partial charge in [0.1, 0.15) is 0 Å². The molecule has 0 radical (unpaired) electrons. The molecule has 6 heteroatoms. The minimum absolute atomic E-state index is 0. The predicted molar refractivity (Wildman–Crippen MR) is 121 cm³/mol. The fourth-order valence-electron chi connectivity index (χ4n) is 3.25. The summed E-state index contributed by atoms with van der Waals surface area (Å²) in [5.74, 6) is 0. The summed E-state index contributed by atoms with van der Waals surface area (Å²) < 4.78 is 0. The number of unbranched alkanes of at least 4 members (excludes halogenated alkanes) is 2. The van der Waals surface area contributed by atoms with Crippen molar-refractivity contribution in [2.45, 2.75) is 26.2 Å². The standard InChI is InChI=1S/C22H28N4O.ClH/c1-16-11-12-17(15-20(16)23-13-7-4-8-14-26(2)3)21-18-9-5-6-10-19(18)22(27)25-24-21;/h5-6,9-12,15,23H,4,7-8,13-14H2,1-3H3,(H,25,27);1H. The molecule has 0 aliphatic heterocycles. The Morgan fingerprint density at radius 3 is 2.54 bits per heavy atom. The molecule has 1 heterocycles. The third-order valence-corrected chi connectivity index (χ3v) is 4.80. The first-order valence-electron chi connectivity index (χ1n) is 9.53. The summed E-state index contributed by atoms with van der Waals surface area (Å²) in [6, 6.07) is 13.9. The Labute approximate surface area is 172 Å². The Bertz CT molecular complexity index is 968. The molecule has 0 aliphatic carbocycles. The molecule has 3 aromatic rings. The van der Waals surface area contributed by atoms with Gasteiger partial charge in [-0.1, -0.05) is 36.8 Å². The van der Waals surface area contributed by atoms with E-state index in [2.05, 4.69) is 59.6 Å². The van der Waals surface area contributed by atoms with Crippen LogP contribution >= 0.6 is 12.4 Å². The van der Waals surface area contributed by atoms with Crippen LogP contribution in [0.5, 0.6) is 0 Å². The van der Waals surface area contributed by atoms with Crippen molar-refractivity contribution in [3.05, 3.63) is 58.4 Å². The smallest absolute Gasteiger partial charge is 0.272 e. The Morgan fingerprint density at radius 2 is 1.79 bits per heavy atom. The number of nitrogens with zero attached hydrogens (tertiary/aromatic N) is 2. The summed E-state index contributed by atoms with van der Waals surface area (Å²) >= 11 is 0. The number of H-pyrrole nitrogens is 1. The summed E-state index contributed by atoms with van der Waals surface area (Å²) in [6.45, 7) is 4.20. The summed E-state index contributed by atoms with van der Waals surface area (Å²) in [5, 5.41) is 12.0. The van der Waals surface area contributed by atoms with Gasteiger partial charge in [-0.05, 0) is 58.1 Å². The van der Waals surface area contributed by atoms with Gasteiger partial charge in [0.2, 0.25) is 0 Å². The number of aromatic nitrogens is 2. The first-order chi connectivity index (χ1) is 13.1. The van der Waals surface area contributed by atoms with E-state index in [4.69, 9.17) is 0 Å². The number of benzene rings is 2. The summed E-state index contributed by atoms with van der Waals surface area (Å²) in [4.78, 5) is 14.2. The van der Waals surface area contributed by atoms with Crippen molar-refractivity contribution in [2.24, 2.45) is 0 Å². The van der Waals surface area contributed by atoms with Crippen LogP contribution in [-0.2, 0) is 0 Å². The molecule has 0 fully saturated rings. The Morgan fingerprint density at radius 1 is 1.04 bits per heavy atom. The quantitative estimate of drug-likeness (QED) is 0.548. The van der Waals surface area contributed by atoms with Crippen LogP contribution in [0.1, 0.15) is 24.8 Å². The van der Waals surface area contributed by atoms with Crippen molar-refractivity contribution in [1.82, 2.24) is 15.1 Å². The number of fused-ring (bicyclic) bond motifs is 1. The van der Waals surface area contributed by atoms with E-state index in [0.29, 0.717) is 5.39 Å². The van der Waals surface area contributed by atoms with E-state index in [9.17, 15) is 4.79 Å². The molecule has 0 saturated carbocycles. The van der Waals surface area contributed by atoms with Crippen molar-refractivity contribution < 1.29 is 0 Å². The van der Waals surface area contributed by atoms with Crippen LogP contribution in [0.15, 0.2) is 47.3 Å². The lowest BCUT2D eigenvalue weighted by Gasteiger charge is -2.13. The van der Waals surface area contributed by atoms with Crippen molar-refractivity contribution in [3.8, 4) is 11.3 Å². The first kappa shape index (κ1) is 21.9. The minimum Gasteiger partial charge on any atom is -0.385 e. The van der Waals surface area contributed by atoms with Crippen LogP contribution < -0.4 is 10.9 Å². The lowest BCUT2D eigenvalue weighted by molar-refractivity contribution is 0.393. The maximum Gasteiger partial charge on any atom is 0.272 e. The summed E-state index contributed by atoms with van der Waals surface area (Å²) in [7, 11) is 4.23. The van der Waals surface area contributed by atoms with Crippen LogP contribution in [-0.4, -0.2) is 42.3 Å². The lowest BCUT2D eigenvalue weighted by atomic mass is 10.0. The molecule has 28 heavy (non-hydrogen) atoms. The third kappa shape index (κ3) is 5.33. The van der Waals surface area contributed by atoms with Crippen molar-refractivity contribution >= 4 is 28.9 Å². The van der Waals surface area contributed by atoms with E-state index in [0.717, 1.165) is 41.8 Å². The van der Waals surface area contributed by atoms with Crippen LogP contribution in [0.4, 0.5) is 5.69 Å². The number of aromatic amines is 1. The highest BCUT2D eigenvalue weighted by molar-refractivity contribution is 5.94. The SMILES string of the molecule is Cc1ccc(-c2n[nH]c(=O)c3ccccc23)cc1NCCCCCN(C)C.Cl. The van der Waals surface area contributed by atoms with E-state index in [1.54, 1.807) is 0 Å². The second kappa shape index (κ2) is 10.2. The molecule has 150 valence electrons. The molecule has 0 spiro atoms. The second-order valence-electron chi connectivity index (χ2n) is 7.27. The van der Waals surface area contributed by atoms with Crippen molar-refractivity contribution in [1.29, 1.82) is 0 Å². The molecule has 0 saturated heterocycles. The first-order valence-corrected chi connectivity index (χ1v) is 9.53. The molecule has 0 unspecified atom stereocenters. The van der Waals surface area contributed by atoms with Gasteiger partial charge in [0.25, 0.3) is 5.56 Å². The number of rotatable bonds is 8. The average molecular weight is 401 g/mol. The molecule has 2 N–H and O–H groups in total. The zero-order valence-electron chi connectivity index (χ0n) is 16.8. The van der Waals surface area contributed by atoms with E-state index in [1.165, 1.54) is 18.4 Å². The van der Waals surface area contributed by atoms with E-state index < -0.39 is 0 Å². The van der Waals surface area contributed by atoms with Gasteiger partial charge in [-0.2, -0.15) is 5.10 Å². The van der Waals surface area contributed by atoms with Crippen LogP contribution in [0.25, 0.3) is 22.0 Å². The van der Waals surface area contributed by atoms with Crippen LogP contribution in [0.3, 0.4) is 0 Å². The fraction of sp³-hybridized carbons (Fsp3) is 0.364. The van der Waals surface area contributed by atoms with Crippen molar-refractivity contribution in [2.75, 3.05) is 32.5 Å². The monoisotopic (exact) mass is 400 g/mol. The third-order valence-electron chi connectivity index (χ3n) is 4.80. The number of hydrogen-bond acceptors (Lipinski definition) is 4. The molecule has 0 aliphatic rings. The maximum absolute atomic E-state index is 12.0. The zero-order chi connectivity index (χ0) is 19.2. The molecule has 1 aromatic heterocycles. The van der Waals surface area contributed by atoms with Gasteiger partial charge in [0.15, 0.2) is 0 Å². The molecule has 0 amide bonds. The number of hydrogen-bond donors (Lipinski definition) is 2. The van der Waals surface area contributed by atoms with Gasteiger partial charge in [0.05, 0.1) is 11.1 Å². The number of aryl methyl sites for hydroxylation is 1. The summed E-state index contributed by atoms with van der Waals surface area (Å²) in [6.07, 6.45) is 3.59. The number of anilines is 1. The van der Waals surface area contributed by atoms with Gasteiger partial charge in [-0.3, -0.25) is 4.79 Å². The largest absolute Gasteiger partial charge is 0.385 e. The molecular formula is C22H29ClN4O. The molecule has 0 atom stereocenters.